The van der Waals surface area contributed by atoms with Crippen molar-refractivity contribution < 1.29 is 9.05 Å². The molecular weight excluding hydrogens is 447 g/mol. The van der Waals surface area contributed by atoms with Gasteiger partial charge in [-0.15, -0.1) is 11.6 Å². The fourth-order valence-electron chi connectivity index (χ4n) is 4.53. The number of fused-ring (bicyclic) bond motifs is 2. The number of hydrogen-bond donors (Lipinski definition) is 0. The third-order valence-electron chi connectivity index (χ3n) is 7.15. The van der Waals surface area contributed by atoms with Crippen LogP contribution < -0.4 is 4.52 Å². The summed E-state index contributed by atoms with van der Waals surface area (Å²) in [6.45, 7) is 27.1. The van der Waals surface area contributed by atoms with Crippen LogP contribution in [0.5, 0.6) is 5.75 Å². The first-order valence-corrected chi connectivity index (χ1v) is 13.3. The molecule has 1 aliphatic heterocycles. The molecule has 184 valence electrons. The van der Waals surface area contributed by atoms with Gasteiger partial charge in [0.1, 0.15) is 11.5 Å². The molecule has 33 heavy (non-hydrogen) atoms. The van der Waals surface area contributed by atoms with E-state index in [1.165, 1.54) is 22.3 Å². The van der Waals surface area contributed by atoms with E-state index >= 15 is 0 Å². The average Bonchev–Trinajstić information content (AvgIpc) is 2.58. The van der Waals surface area contributed by atoms with Crippen molar-refractivity contribution in [1.82, 2.24) is 0 Å². The molecule has 2 atom stereocenters. The van der Waals surface area contributed by atoms with Gasteiger partial charge in [0.05, 0.1) is 4.87 Å². The summed E-state index contributed by atoms with van der Waals surface area (Å²) in [6.07, 6.45) is 3.90. The number of halogens is 1. The molecule has 0 amide bonds. The Morgan fingerprint density at radius 3 is 1.88 bits per heavy atom. The molecule has 2 unspecified atom stereocenters. The smallest absolute Gasteiger partial charge is 0.275 e. The predicted molar refractivity (Wildman–Crippen MR) is 146 cm³/mol. The summed E-state index contributed by atoms with van der Waals surface area (Å²) < 4.78 is 12.8. The Morgan fingerprint density at radius 2 is 1.39 bits per heavy atom. The van der Waals surface area contributed by atoms with Gasteiger partial charge >= 0.3 is 0 Å². The quantitative estimate of drug-likeness (QED) is 0.266. The van der Waals surface area contributed by atoms with Crippen molar-refractivity contribution in [3.63, 3.8) is 0 Å². The van der Waals surface area contributed by atoms with Crippen molar-refractivity contribution in [3.8, 4) is 5.75 Å². The first-order valence-electron chi connectivity index (χ1n) is 12.2. The molecule has 4 heteroatoms. The molecule has 3 rings (SSSR count). The zero-order chi connectivity index (χ0) is 25.2. The lowest BCUT2D eigenvalue weighted by Gasteiger charge is -2.47. The largest absolute Gasteiger partial charge is 0.440 e. The highest BCUT2D eigenvalue weighted by atomic mass is 35.5. The fraction of sp³-hybridized carbons (Fsp3) is 0.655. The third-order valence-corrected chi connectivity index (χ3v) is 8.56. The van der Waals surface area contributed by atoms with E-state index in [4.69, 9.17) is 20.6 Å². The van der Waals surface area contributed by atoms with Crippen molar-refractivity contribution in [2.24, 2.45) is 10.8 Å². The number of alkyl halides is 1. The molecule has 1 aliphatic carbocycles. The van der Waals surface area contributed by atoms with Gasteiger partial charge in [0.25, 0.3) is 9.03 Å². The molecule has 0 aromatic heterocycles. The first-order chi connectivity index (χ1) is 14.7. The number of rotatable bonds is 0. The Bertz CT molecular complexity index is 991. The Labute approximate surface area is 209 Å². The third kappa shape index (κ3) is 5.33. The lowest BCUT2D eigenvalue weighted by Crippen LogP contribution is -2.42. The second kappa shape index (κ2) is 8.30. The second-order valence-corrected chi connectivity index (χ2v) is 15.3. The van der Waals surface area contributed by atoms with Crippen LogP contribution in [0.2, 0.25) is 0 Å². The summed E-state index contributed by atoms with van der Waals surface area (Å²) in [5.41, 5.74) is 6.06. The van der Waals surface area contributed by atoms with E-state index in [0.29, 0.717) is 0 Å². The van der Waals surface area contributed by atoms with E-state index in [9.17, 15) is 0 Å². The molecule has 1 heterocycles. The maximum Gasteiger partial charge on any atom is 0.275 e. The van der Waals surface area contributed by atoms with Crippen LogP contribution in [0.25, 0.3) is 6.08 Å². The zero-order valence-corrected chi connectivity index (χ0v) is 24.6. The maximum atomic E-state index is 7.44. The molecule has 1 aromatic rings. The summed E-state index contributed by atoms with van der Waals surface area (Å²) in [7, 11) is -0.0818. The highest BCUT2D eigenvalue weighted by molar-refractivity contribution is 7.26. The van der Waals surface area contributed by atoms with E-state index in [0.717, 1.165) is 29.9 Å². The molecule has 0 saturated heterocycles. The van der Waals surface area contributed by atoms with Gasteiger partial charge in [0.15, 0.2) is 0 Å². The van der Waals surface area contributed by atoms with Gasteiger partial charge in [-0.25, -0.2) is 0 Å². The van der Waals surface area contributed by atoms with Crippen molar-refractivity contribution in [2.75, 3.05) is 0 Å². The van der Waals surface area contributed by atoms with Gasteiger partial charge < -0.3 is 9.05 Å². The molecule has 1 aromatic carbocycles. The minimum Gasteiger partial charge on any atom is -0.440 e. The van der Waals surface area contributed by atoms with Crippen LogP contribution in [0.15, 0.2) is 29.0 Å². The van der Waals surface area contributed by atoms with Gasteiger partial charge in [0, 0.05) is 11.1 Å². The van der Waals surface area contributed by atoms with Crippen LogP contribution in [0, 0.1) is 10.8 Å². The zero-order valence-electron chi connectivity index (χ0n) is 22.8. The molecular formula is C29H44ClO2P. The standard InChI is InChI=1S/C29H44ClO2P/c1-25(2,3)20-14-18-13-19-16-29(30,28(10,11)12)17-22(27(7,8)9)24(19)32-33-31-23(18)21(15-20)26(4,5)6/h13-15,33H,16-17H2,1-12H3. The summed E-state index contributed by atoms with van der Waals surface area (Å²) in [5.74, 6) is 1.93. The summed E-state index contributed by atoms with van der Waals surface area (Å²) in [6, 6.07) is 4.63. The monoisotopic (exact) mass is 490 g/mol. The van der Waals surface area contributed by atoms with Crippen LogP contribution in [0.1, 0.15) is 113 Å². The summed E-state index contributed by atoms with van der Waals surface area (Å²) in [5, 5.41) is 0. The second-order valence-electron chi connectivity index (χ2n) is 14.0. The van der Waals surface area contributed by atoms with Gasteiger partial charge in [0.2, 0.25) is 0 Å². The normalized spacial score (nSPS) is 23.1. The van der Waals surface area contributed by atoms with E-state index < -0.39 is 0 Å². The highest BCUT2D eigenvalue weighted by Crippen LogP contribution is 2.56. The number of hydrogen-bond acceptors (Lipinski definition) is 2. The minimum atomic E-state index is -0.369. The van der Waals surface area contributed by atoms with Crippen LogP contribution in [-0.4, -0.2) is 4.87 Å². The maximum absolute atomic E-state index is 7.44. The Balaban J connectivity index is 2.35. The van der Waals surface area contributed by atoms with Crippen LogP contribution >= 0.6 is 20.6 Å². The molecule has 0 bridgehead atoms. The average molecular weight is 491 g/mol. The van der Waals surface area contributed by atoms with Crippen molar-refractivity contribution in [3.05, 3.63) is 45.7 Å². The van der Waals surface area contributed by atoms with Gasteiger partial charge in [-0.2, -0.15) is 0 Å². The Morgan fingerprint density at radius 1 is 0.788 bits per heavy atom. The van der Waals surface area contributed by atoms with E-state index in [1.807, 2.05) is 0 Å². The molecule has 2 aliphatic rings. The summed E-state index contributed by atoms with van der Waals surface area (Å²) >= 11 is 7.44. The number of allylic oxidation sites excluding steroid dienone is 2. The minimum absolute atomic E-state index is 0.0398. The van der Waals surface area contributed by atoms with E-state index in [2.05, 4.69) is 101 Å². The number of benzene rings is 1. The van der Waals surface area contributed by atoms with Gasteiger partial charge in [-0.05, 0) is 63.4 Å². The Kier molecular flexibility index (Phi) is 6.70. The first kappa shape index (κ1) is 26.6. The molecule has 0 N–H and O–H groups in total. The van der Waals surface area contributed by atoms with Crippen molar-refractivity contribution >= 4 is 26.7 Å². The van der Waals surface area contributed by atoms with E-state index in [1.54, 1.807) is 0 Å². The van der Waals surface area contributed by atoms with E-state index in [-0.39, 0.29) is 35.6 Å². The van der Waals surface area contributed by atoms with Gasteiger partial charge in [-0.3, -0.25) is 0 Å². The molecule has 0 spiro atoms. The Hall–Kier alpha value is -0.980. The van der Waals surface area contributed by atoms with Crippen LogP contribution in [-0.2, 0) is 15.4 Å². The molecule has 0 saturated carbocycles. The molecule has 2 nitrogen and oxygen atoms in total. The van der Waals surface area contributed by atoms with Crippen LogP contribution in [0.3, 0.4) is 0 Å². The van der Waals surface area contributed by atoms with Gasteiger partial charge in [-0.1, -0.05) is 89.2 Å². The van der Waals surface area contributed by atoms with Crippen molar-refractivity contribution in [2.45, 2.75) is 112 Å². The van der Waals surface area contributed by atoms with Crippen LogP contribution in [0.4, 0.5) is 0 Å². The molecule has 0 radical (unpaired) electrons. The predicted octanol–water partition coefficient (Wildman–Crippen LogP) is 9.70. The SMILES string of the molecule is CC(C)(C)C1=C2OPOc3c(cc(C(C)(C)C)cc3C(C)(C)C)C=C2CC(Cl)(C(C)(C)C)C1. The lowest BCUT2D eigenvalue weighted by molar-refractivity contribution is 0.235. The highest BCUT2D eigenvalue weighted by Gasteiger charge is 2.48. The fourth-order valence-corrected chi connectivity index (χ4v) is 5.50. The topological polar surface area (TPSA) is 18.5 Å². The van der Waals surface area contributed by atoms with Crippen molar-refractivity contribution in [1.29, 1.82) is 0 Å². The molecule has 0 fully saturated rings. The lowest BCUT2D eigenvalue weighted by atomic mass is 9.65. The summed E-state index contributed by atoms with van der Waals surface area (Å²) in [4.78, 5) is -0.369.